The molecule has 0 bridgehead atoms. The van der Waals surface area contributed by atoms with Crippen molar-refractivity contribution in [1.29, 1.82) is 0 Å². The molecular formula is C36H35N5O. The Morgan fingerprint density at radius 3 is 2.40 bits per heavy atom. The van der Waals surface area contributed by atoms with Crippen molar-refractivity contribution in [3.05, 3.63) is 109 Å². The summed E-state index contributed by atoms with van der Waals surface area (Å²) < 4.78 is 8.77. The van der Waals surface area contributed by atoms with Gasteiger partial charge in [-0.1, -0.05) is 45.0 Å². The number of pyridine rings is 2. The summed E-state index contributed by atoms with van der Waals surface area (Å²) in [4.78, 5) is 13.9. The predicted octanol–water partition coefficient (Wildman–Crippen LogP) is 8.99. The standard InChI is InChI=1S/C36H35N5O/c1-24(2)39-23-40(34-22-37-17-16-32(34)39)26-9-8-10-27(20-26)42-28-13-14-30-29-11-6-7-12-31(29)41(33(30)21-28)35-19-25(15-18-38-35)36(3,4)5/h6-22,24H,23H2,1-5H3. The molecule has 3 aromatic heterocycles. The lowest BCUT2D eigenvalue weighted by atomic mass is 9.88. The molecule has 6 nitrogen and oxygen atoms in total. The van der Waals surface area contributed by atoms with E-state index in [0.717, 1.165) is 46.4 Å². The van der Waals surface area contributed by atoms with E-state index in [9.17, 15) is 0 Å². The van der Waals surface area contributed by atoms with E-state index >= 15 is 0 Å². The second-order valence-corrected chi connectivity index (χ2v) is 12.3. The number of rotatable bonds is 5. The summed E-state index contributed by atoms with van der Waals surface area (Å²) in [5.41, 5.74) is 6.85. The zero-order chi connectivity index (χ0) is 29.0. The molecule has 0 saturated carbocycles. The zero-order valence-corrected chi connectivity index (χ0v) is 24.7. The Labute approximate surface area is 246 Å². The van der Waals surface area contributed by atoms with Gasteiger partial charge in [0.25, 0.3) is 0 Å². The van der Waals surface area contributed by atoms with Crippen LogP contribution in [0.3, 0.4) is 0 Å². The topological polar surface area (TPSA) is 46.4 Å². The summed E-state index contributed by atoms with van der Waals surface area (Å²) in [6, 6.07) is 29.9. The molecule has 0 fully saturated rings. The Morgan fingerprint density at radius 1 is 0.762 bits per heavy atom. The first-order valence-electron chi connectivity index (χ1n) is 14.5. The van der Waals surface area contributed by atoms with Crippen LogP contribution in [-0.4, -0.2) is 27.2 Å². The fourth-order valence-electron chi connectivity index (χ4n) is 5.92. The molecule has 0 atom stereocenters. The van der Waals surface area contributed by atoms with Crippen molar-refractivity contribution in [2.24, 2.45) is 0 Å². The molecule has 6 aromatic rings. The highest BCUT2D eigenvalue weighted by Gasteiger charge is 2.28. The maximum Gasteiger partial charge on any atom is 0.137 e. The SMILES string of the molecule is CC(C)N1CN(c2cccc(Oc3ccc4c5ccccc5n(-c5cc(C(C)(C)C)ccn5)c4c3)c2)c2cnccc21. The highest BCUT2D eigenvalue weighted by atomic mass is 16.5. The fraction of sp³-hybridized carbons (Fsp3) is 0.222. The van der Waals surface area contributed by atoms with E-state index < -0.39 is 0 Å². The summed E-state index contributed by atoms with van der Waals surface area (Å²) >= 11 is 0. The molecule has 1 aliphatic rings. The minimum Gasteiger partial charge on any atom is -0.457 e. The van der Waals surface area contributed by atoms with E-state index in [1.807, 2.05) is 24.7 Å². The minimum atomic E-state index is 0.0217. The van der Waals surface area contributed by atoms with Crippen molar-refractivity contribution < 1.29 is 4.74 Å². The summed E-state index contributed by atoms with van der Waals surface area (Å²) in [6.45, 7) is 11.9. The number of benzene rings is 3. The second-order valence-electron chi connectivity index (χ2n) is 12.3. The Kier molecular flexibility index (Phi) is 6.15. The van der Waals surface area contributed by atoms with Gasteiger partial charge in [0.15, 0.2) is 0 Å². The van der Waals surface area contributed by atoms with Crippen LogP contribution in [0.2, 0.25) is 0 Å². The minimum absolute atomic E-state index is 0.0217. The molecule has 0 amide bonds. The summed E-state index contributed by atoms with van der Waals surface area (Å²) in [7, 11) is 0. The highest BCUT2D eigenvalue weighted by molar-refractivity contribution is 6.09. The van der Waals surface area contributed by atoms with E-state index in [2.05, 4.69) is 133 Å². The first-order valence-corrected chi connectivity index (χ1v) is 14.5. The lowest BCUT2D eigenvalue weighted by molar-refractivity contribution is 0.483. The van der Waals surface area contributed by atoms with Gasteiger partial charge in [-0.25, -0.2) is 4.98 Å². The van der Waals surface area contributed by atoms with E-state index in [4.69, 9.17) is 9.72 Å². The number of aromatic nitrogens is 3. The molecular weight excluding hydrogens is 518 g/mol. The first kappa shape index (κ1) is 26.1. The van der Waals surface area contributed by atoms with Crippen LogP contribution < -0.4 is 14.5 Å². The van der Waals surface area contributed by atoms with E-state index in [1.165, 1.54) is 22.0 Å². The van der Waals surface area contributed by atoms with Crippen molar-refractivity contribution in [1.82, 2.24) is 14.5 Å². The molecule has 0 unspecified atom stereocenters. The molecule has 3 aromatic carbocycles. The quantitative estimate of drug-likeness (QED) is 0.213. The smallest absolute Gasteiger partial charge is 0.137 e. The van der Waals surface area contributed by atoms with Crippen molar-refractivity contribution in [3.8, 4) is 17.3 Å². The fourth-order valence-corrected chi connectivity index (χ4v) is 5.92. The summed E-state index contributed by atoms with van der Waals surface area (Å²) in [6.07, 6.45) is 5.72. The number of fused-ring (bicyclic) bond motifs is 4. The number of nitrogens with zero attached hydrogens (tertiary/aromatic N) is 5. The van der Waals surface area contributed by atoms with Crippen molar-refractivity contribution in [2.75, 3.05) is 16.5 Å². The maximum absolute atomic E-state index is 6.52. The Balaban J connectivity index is 1.28. The van der Waals surface area contributed by atoms with Crippen molar-refractivity contribution in [2.45, 2.75) is 46.1 Å². The number of anilines is 3. The van der Waals surface area contributed by atoms with Crippen molar-refractivity contribution >= 4 is 38.9 Å². The molecule has 0 spiro atoms. The van der Waals surface area contributed by atoms with Crippen LogP contribution in [0.5, 0.6) is 11.5 Å². The molecule has 210 valence electrons. The Morgan fingerprint density at radius 2 is 1.57 bits per heavy atom. The van der Waals surface area contributed by atoms with Crippen LogP contribution in [0.25, 0.3) is 27.6 Å². The van der Waals surface area contributed by atoms with Gasteiger partial charge in [0, 0.05) is 47.0 Å². The molecule has 6 heteroatoms. The molecule has 7 rings (SSSR count). The van der Waals surface area contributed by atoms with Gasteiger partial charge in [0.1, 0.15) is 17.3 Å². The monoisotopic (exact) mass is 553 g/mol. The maximum atomic E-state index is 6.52. The van der Waals surface area contributed by atoms with Gasteiger partial charge in [-0.05, 0) is 73.4 Å². The summed E-state index contributed by atoms with van der Waals surface area (Å²) in [5.74, 6) is 2.47. The van der Waals surface area contributed by atoms with E-state index in [0.29, 0.717) is 6.04 Å². The molecule has 4 heterocycles. The van der Waals surface area contributed by atoms with Gasteiger partial charge in [-0.2, -0.15) is 0 Å². The van der Waals surface area contributed by atoms with Gasteiger partial charge in [-0.3, -0.25) is 9.55 Å². The van der Waals surface area contributed by atoms with Crippen LogP contribution >= 0.6 is 0 Å². The highest BCUT2D eigenvalue weighted by Crippen LogP contribution is 2.42. The lowest BCUT2D eigenvalue weighted by Crippen LogP contribution is -2.33. The van der Waals surface area contributed by atoms with E-state index in [-0.39, 0.29) is 5.41 Å². The number of hydrogen-bond donors (Lipinski definition) is 0. The third-order valence-corrected chi connectivity index (χ3v) is 8.15. The van der Waals surface area contributed by atoms with Gasteiger partial charge in [0.05, 0.1) is 35.3 Å². The molecule has 0 aliphatic carbocycles. The van der Waals surface area contributed by atoms with Gasteiger partial charge >= 0.3 is 0 Å². The van der Waals surface area contributed by atoms with Gasteiger partial charge < -0.3 is 14.5 Å². The summed E-state index contributed by atoms with van der Waals surface area (Å²) in [5, 5.41) is 2.37. The predicted molar refractivity (Wildman–Crippen MR) is 173 cm³/mol. The van der Waals surface area contributed by atoms with Crippen LogP contribution in [0.4, 0.5) is 17.1 Å². The largest absolute Gasteiger partial charge is 0.457 e. The Hall–Kier alpha value is -4.84. The number of ether oxygens (including phenoxy) is 1. The van der Waals surface area contributed by atoms with Crippen LogP contribution in [-0.2, 0) is 5.41 Å². The zero-order valence-electron chi connectivity index (χ0n) is 24.7. The van der Waals surface area contributed by atoms with Crippen LogP contribution in [0.1, 0.15) is 40.2 Å². The number of hydrogen-bond acceptors (Lipinski definition) is 5. The van der Waals surface area contributed by atoms with E-state index in [1.54, 1.807) is 0 Å². The van der Waals surface area contributed by atoms with Gasteiger partial charge in [-0.15, -0.1) is 0 Å². The molecule has 0 saturated heterocycles. The first-order chi connectivity index (χ1) is 20.3. The third kappa shape index (κ3) is 4.44. The van der Waals surface area contributed by atoms with Crippen LogP contribution in [0.15, 0.2) is 104 Å². The second kappa shape index (κ2) is 9.91. The van der Waals surface area contributed by atoms with Gasteiger partial charge in [0.2, 0.25) is 0 Å². The average molecular weight is 554 g/mol. The molecule has 0 N–H and O–H groups in total. The lowest BCUT2D eigenvalue weighted by Gasteiger charge is -2.25. The number of para-hydroxylation sites is 1. The normalized spacial score (nSPS) is 13.4. The Bertz CT molecular complexity index is 1930. The molecule has 1 aliphatic heterocycles. The van der Waals surface area contributed by atoms with Crippen molar-refractivity contribution in [3.63, 3.8) is 0 Å². The average Bonchev–Trinajstić information content (AvgIpc) is 3.53. The molecule has 42 heavy (non-hydrogen) atoms. The third-order valence-electron chi connectivity index (χ3n) is 8.15. The van der Waals surface area contributed by atoms with Crippen LogP contribution in [0, 0.1) is 0 Å². The molecule has 0 radical (unpaired) electrons.